The zero-order valence-electron chi connectivity index (χ0n) is 12.2. The van der Waals surface area contributed by atoms with E-state index >= 15 is 0 Å². The van der Waals surface area contributed by atoms with Crippen molar-refractivity contribution in [2.75, 3.05) is 26.8 Å². The summed E-state index contributed by atoms with van der Waals surface area (Å²) in [5.74, 6) is 1.28. The molecule has 7 nitrogen and oxygen atoms in total. The first-order valence-electron chi connectivity index (χ1n) is 6.91. The Bertz CT molecular complexity index is 634. The van der Waals surface area contributed by atoms with Crippen LogP contribution >= 0.6 is 0 Å². The molecule has 1 aliphatic heterocycles. The zero-order chi connectivity index (χ0) is 14.8. The van der Waals surface area contributed by atoms with Crippen LogP contribution in [0.4, 0.5) is 0 Å². The summed E-state index contributed by atoms with van der Waals surface area (Å²) in [6.07, 6.45) is 2.77. The van der Waals surface area contributed by atoms with Gasteiger partial charge in [0.15, 0.2) is 0 Å². The molecule has 0 saturated carbocycles. The van der Waals surface area contributed by atoms with Gasteiger partial charge in [0.1, 0.15) is 6.61 Å². The Balaban J connectivity index is 1.70. The number of nitrogens with zero attached hydrogens (tertiary/aromatic N) is 4. The molecule has 3 heterocycles. The van der Waals surface area contributed by atoms with E-state index in [1.165, 1.54) is 7.11 Å². The lowest BCUT2D eigenvalue weighted by molar-refractivity contribution is -0.134. The summed E-state index contributed by atoms with van der Waals surface area (Å²) in [7, 11) is 3.46. The molecule has 1 aliphatic rings. The van der Waals surface area contributed by atoms with Crippen LogP contribution in [-0.4, -0.2) is 52.3 Å². The maximum Gasteiger partial charge on any atom is 0.248 e. The van der Waals surface area contributed by atoms with Gasteiger partial charge in [-0.15, -0.1) is 0 Å². The topological polar surface area (TPSA) is 73.4 Å². The number of aryl methyl sites for hydroxylation is 1. The van der Waals surface area contributed by atoms with E-state index < -0.39 is 0 Å². The minimum absolute atomic E-state index is 0.00201. The lowest BCUT2D eigenvalue weighted by Gasteiger charge is -2.14. The Morgan fingerprint density at radius 1 is 1.57 bits per heavy atom. The molecule has 0 aliphatic carbocycles. The van der Waals surface area contributed by atoms with Gasteiger partial charge >= 0.3 is 0 Å². The van der Waals surface area contributed by atoms with Gasteiger partial charge in [-0.2, -0.15) is 4.98 Å². The molecule has 2 aromatic rings. The van der Waals surface area contributed by atoms with Crippen molar-refractivity contribution in [2.24, 2.45) is 7.05 Å². The Morgan fingerprint density at radius 2 is 2.43 bits per heavy atom. The molecular formula is C14H18N4O3. The van der Waals surface area contributed by atoms with E-state index in [0.717, 1.165) is 12.1 Å². The predicted octanol–water partition coefficient (Wildman–Crippen LogP) is 1.04. The standard InChI is InChI=1S/C14H18N4O3/c1-17-6-3-4-11(17)13-15-14(21-16-13)10-5-7-18(8-10)12(19)9-20-2/h3-4,6,10H,5,7-9H2,1-2H3. The zero-order valence-corrected chi connectivity index (χ0v) is 12.2. The third-order valence-corrected chi connectivity index (χ3v) is 3.77. The van der Waals surface area contributed by atoms with Gasteiger partial charge in [0.2, 0.25) is 17.6 Å². The summed E-state index contributed by atoms with van der Waals surface area (Å²) in [5.41, 5.74) is 0.912. The summed E-state index contributed by atoms with van der Waals surface area (Å²) in [6.45, 7) is 1.43. The van der Waals surface area contributed by atoms with Crippen LogP contribution < -0.4 is 0 Å². The van der Waals surface area contributed by atoms with Gasteiger partial charge in [0, 0.05) is 33.4 Å². The number of carbonyl (C=O) groups is 1. The number of amides is 1. The van der Waals surface area contributed by atoms with Crippen molar-refractivity contribution in [3.05, 3.63) is 24.2 Å². The third kappa shape index (κ3) is 2.69. The second-order valence-corrected chi connectivity index (χ2v) is 5.22. The van der Waals surface area contributed by atoms with Gasteiger partial charge in [0.05, 0.1) is 11.6 Å². The number of likely N-dealkylation sites (tertiary alicyclic amines) is 1. The second kappa shape index (κ2) is 5.69. The van der Waals surface area contributed by atoms with Crippen molar-refractivity contribution in [3.8, 4) is 11.5 Å². The van der Waals surface area contributed by atoms with Crippen LogP contribution in [0.5, 0.6) is 0 Å². The van der Waals surface area contributed by atoms with Crippen molar-refractivity contribution in [1.29, 1.82) is 0 Å². The molecule has 0 N–H and O–H groups in total. The van der Waals surface area contributed by atoms with Crippen molar-refractivity contribution in [2.45, 2.75) is 12.3 Å². The molecule has 2 aromatic heterocycles. The van der Waals surface area contributed by atoms with Crippen molar-refractivity contribution >= 4 is 5.91 Å². The predicted molar refractivity (Wildman–Crippen MR) is 74.5 cm³/mol. The smallest absolute Gasteiger partial charge is 0.248 e. The molecule has 0 bridgehead atoms. The van der Waals surface area contributed by atoms with Gasteiger partial charge in [-0.25, -0.2) is 0 Å². The highest BCUT2D eigenvalue weighted by Crippen LogP contribution is 2.27. The lowest BCUT2D eigenvalue weighted by Crippen LogP contribution is -2.31. The summed E-state index contributed by atoms with van der Waals surface area (Å²) < 4.78 is 12.2. The highest BCUT2D eigenvalue weighted by Gasteiger charge is 2.31. The van der Waals surface area contributed by atoms with E-state index in [2.05, 4.69) is 10.1 Å². The van der Waals surface area contributed by atoms with Crippen LogP contribution in [0.1, 0.15) is 18.2 Å². The van der Waals surface area contributed by atoms with Crippen LogP contribution in [0.25, 0.3) is 11.5 Å². The molecule has 7 heteroatoms. The maximum atomic E-state index is 11.8. The number of rotatable bonds is 4. The van der Waals surface area contributed by atoms with Gasteiger partial charge < -0.3 is 18.7 Å². The maximum absolute atomic E-state index is 11.8. The van der Waals surface area contributed by atoms with Gasteiger partial charge in [0.25, 0.3) is 0 Å². The number of carbonyl (C=O) groups excluding carboxylic acids is 1. The Labute approximate surface area is 122 Å². The fraction of sp³-hybridized carbons (Fsp3) is 0.500. The fourth-order valence-corrected chi connectivity index (χ4v) is 2.60. The molecule has 1 amide bonds. The van der Waals surface area contributed by atoms with Gasteiger partial charge in [-0.1, -0.05) is 5.16 Å². The molecular weight excluding hydrogens is 272 g/mol. The van der Waals surface area contributed by atoms with Crippen LogP contribution in [-0.2, 0) is 16.6 Å². The molecule has 112 valence electrons. The van der Waals surface area contributed by atoms with Crippen LogP contribution in [0, 0.1) is 0 Å². The number of methoxy groups -OCH3 is 1. The Morgan fingerprint density at radius 3 is 3.14 bits per heavy atom. The number of aromatic nitrogens is 3. The minimum Gasteiger partial charge on any atom is -0.375 e. The van der Waals surface area contributed by atoms with E-state index in [1.807, 2.05) is 29.9 Å². The molecule has 21 heavy (non-hydrogen) atoms. The monoisotopic (exact) mass is 290 g/mol. The fourth-order valence-electron chi connectivity index (χ4n) is 2.60. The first-order valence-corrected chi connectivity index (χ1v) is 6.91. The largest absolute Gasteiger partial charge is 0.375 e. The van der Waals surface area contributed by atoms with Crippen LogP contribution in [0.2, 0.25) is 0 Å². The van der Waals surface area contributed by atoms with Gasteiger partial charge in [-0.05, 0) is 18.6 Å². The molecule has 1 unspecified atom stereocenters. The molecule has 0 spiro atoms. The molecule has 1 fully saturated rings. The van der Waals surface area contributed by atoms with Crippen LogP contribution in [0.15, 0.2) is 22.9 Å². The van der Waals surface area contributed by atoms with Crippen LogP contribution in [0.3, 0.4) is 0 Å². The first-order chi connectivity index (χ1) is 10.2. The third-order valence-electron chi connectivity index (χ3n) is 3.77. The quantitative estimate of drug-likeness (QED) is 0.841. The van der Waals surface area contributed by atoms with Crippen molar-refractivity contribution < 1.29 is 14.1 Å². The average molecular weight is 290 g/mol. The highest BCUT2D eigenvalue weighted by atomic mass is 16.5. The lowest BCUT2D eigenvalue weighted by atomic mass is 10.1. The van der Waals surface area contributed by atoms with E-state index in [0.29, 0.717) is 24.8 Å². The summed E-state index contributed by atoms with van der Waals surface area (Å²) in [6, 6.07) is 3.88. The second-order valence-electron chi connectivity index (χ2n) is 5.22. The molecule has 1 atom stereocenters. The normalized spacial score (nSPS) is 18.4. The van der Waals surface area contributed by atoms with Crippen molar-refractivity contribution in [3.63, 3.8) is 0 Å². The van der Waals surface area contributed by atoms with E-state index in [9.17, 15) is 4.79 Å². The average Bonchev–Trinajstić information content (AvgIpc) is 3.17. The number of hydrogen-bond acceptors (Lipinski definition) is 5. The minimum atomic E-state index is 0.00201. The summed E-state index contributed by atoms with van der Waals surface area (Å²) in [4.78, 5) is 18.0. The van der Waals surface area contributed by atoms with Gasteiger partial charge in [-0.3, -0.25) is 4.79 Å². The Hall–Kier alpha value is -2.15. The first kappa shape index (κ1) is 13.8. The Kier molecular flexibility index (Phi) is 3.74. The van der Waals surface area contributed by atoms with E-state index in [4.69, 9.17) is 9.26 Å². The number of hydrogen-bond donors (Lipinski definition) is 0. The number of ether oxygens (including phenoxy) is 1. The molecule has 1 saturated heterocycles. The summed E-state index contributed by atoms with van der Waals surface area (Å²) in [5, 5.41) is 4.04. The highest BCUT2D eigenvalue weighted by molar-refractivity contribution is 5.77. The molecule has 0 radical (unpaired) electrons. The van der Waals surface area contributed by atoms with E-state index in [1.54, 1.807) is 4.90 Å². The van der Waals surface area contributed by atoms with Crippen molar-refractivity contribution in [1.82, 2.24) is 19.6 Å². The SMILES string of the molecule is COCC(=O)N1CCC(c2nc(-c3cccn3C)no2)C1. The molecule has 3 rings (SSSR count). The summed E-state index contributed by atoms with van der Waals surface area (Å²) >= 11 is 0. The molecule has 0 aromatic carbocycles. The van der Waals surface area contributed by atoms with E-state index in [-0.39, 0.29) is 18.4 Å².